The molecule has 1 aromatic heterocycles. The molecule has 2 aromatic carbocycles. The fourth-order valence-corrected chi connectivity index (χ4v) is 5.14. The highest BCUT2D eigenvalue weighted by atomic mass is 35.5. The van der Waals surface area contributed by atoms with Crippen molar-refractivity contribution in [2.24, 2.45) is 5.92 Å². The molecule has 7 nitrogen and oxygen atoms in total. The maximum Gasteiger partial charge on any atom is 0.253 e. The Morgan fingerprint density at radius 3 is 2.46 bits per heavy atom. The van der Waals surface area contributed by atoms with Gasteiger partial charge in [-0.05, 0) is 73.2 Å². The third kappa shape index (κ3) is 5.46. The molecule has 8 heteroatoms. The van der Waals surface area contributed by atoms with Gasteiger partial charge in [0.15, 0.2) is 5.82 Å². The van der Waals surface area contributed by atoms with Gasteiger partial charge < -0.3 is 15.1 Å². The summed E-state index contributed by atoms with van der Waals surface area (Å²) in [6.07, 6.45) is 4.28. The molecule has 0 aliphatic carbocycles. The normalized spacial score (nSPS) is 18.5. The van der Waals surface area contributed by atoms with Gasteiger partial charge in [0.05, 0.1) is 5.92 Å². The molecule has 2 aliphatic rings. The minimum absolute atomic E-state index is 0.0359. The van der Waals surface area contributed by atoms with Crippen LogP contribution in [0.2, 0.25) is 5.02 Å². The number of anilines is 2. The van der Waals surface area contributed by atoms with Crippen molar-refractivity contribution in [3.63, 3.8) is 0 Å². The first-order valence-electron chi connectivity index (χ1n) is 12.0. The topological polar surface area (TPSA) is 78.4 Å². The number of nitrogens with zero attached hydrogens (tertiary/aromatic N) is 4. The summed E-state index contributed by atoms with van der Waals surface area (Å²) in [5.41, 5.74) is 2.69. The van der Waals surface area contributed by atoms with Crippen LogP contribution in [0, 0.1) is 5.92 Å². The summed E-state index contributed by atoms with van der Waals surface area (Å²) in [7, 11) is 0. The minimum atomic E-state index is -0.0713. The van der Waals surface area contributed by atoms with E-state index in [0.29, 0.717) is 23.0 Å². The second-order valence-electron chi connectivity index (χ2n) is 9.20. The molecule has 35 heavy (non-hydrogen) atoms. The summed E-state index contributed by atoms with van der Waals surface area (Å²) in [6.45, 7) is 2.89. The van der Waals surface area contributed by atoms with E-state index in [-0.39, 0.29) is 17.7 Å². The molecule has 0 spiro atoms. The molecule has 0 radical (unpaired) electrons. The van der Waals surface area contributed by atoms with E-state index >= 15 is 0 Å². The Kier molecular flexibility index (Phi) is 6.95. The van der Waals surface area contributed by atoms with E-state index in [1.54, 1.807) is 18.3 Å². The van der Waals surface area contributed by atoms with E-state index in [0.717, 1.165) is 50.4 Å². The first kappa shape index (κ1) is 23.3. The zero-order valence-electron chi connectivity index (χ0n) is 19.4. The number of carbonyl (C=O) groups excluding carboxylic acids is 2. The quantitative estimate of drug-likeness (QED) is 0.566. The lowest BCUT2D eigenvalue weighted by molar-refractivity contribution is -0.119. The van der Waals surface area contributed by atoms with Gasteiger partial charge in [-0.1, -0.05) is 29.8 Å². The zero-order chi connectivity index (χ0) is 24.2. The number of benzene rings is 2. The lowest BCUT2D eigenvalue weighted by Gasteiger charge is -2.32. The maximum atomic E-state index is 12.8. The van der Waals surface area contributed by atoms with Crippen molar-refractivity contribution in [1.29, 1.82) is 0 Å². The third-order valence-corrected chi connectivity index (χ3v) is 7.18. The van der Waals surface area contributed by atoms with Crippen LogP contribution < -0.4 is 10.2 Å². The number of nitrogens with one attached hydrogen (secondary N) is 1. The highest BCUT2D eigenvalue weighted by Gasteiger charge is 2.29. The van der Waals surface area contributed by atoms with E-state index < -0.39 is 0 Å². The summed E-state index contributed by atoms with van der Waals surface area (Å²) in [5, 5.41) is 11.7. The van der Waals surface area contributed by atoms with Gasteiger partial charge in [0.25, 0.3) is 5.91 Å². The summed E-state index contributed by atoms with van der Waals surface area (Å²) >= 11 is 6.04. The molecule has 1 unspecified atom stereocenters. The van der Waals surface area contributed by atoms with Gasteiger partial charge in [-0.3, -0.25) is 9.59 Å². The van der Waals surface area contributed by atoms with E-state index in [9.17, 15) is 9.59 Å². The first-order chi connectivity index (χ1) is 17.1. The lowest BCUT2D eigenvalue weighted by Crippen LogP contribution is -2.37. The highest BCUT2D eigenvalue weighted by molar-refractivity contribution is 6.30. The second kappa shape index (κ2) is 10.4. The molecule has 0 bridgehead atoms. The number of hydrogen-bond donors (Lipinski definition) is 1. The van der Waals surface area contributed by atoms with Crippen LogP contribution in [0.1, 0.15) is 41.1 Å². The van der Waals surface area contributed by atoms with E-state index in [4.69, 9.17) is 11.6 Å². The Morgan fingerprint density at radius 1 is 0.943 bits per heavy atom. The van der Waals surface area contributed by atoms with Crippen molar-refractivity contribution in [1.82, 2.24) is 15.1 Å². The standard InChI is InChI=1S/C27H28ClN5O2/c28-23-4-1-3-21(17-23)27(35)32-14-10-20(11-15-32)19-6-8-24(9-7-19)30-26(34)22-12-16-33(18-22)25-5-2-13-29-31-25/h1-9,13,17,20,22H,10-12,14-16,18H2,(H,30,34). The van der Waals surface area contributed by atoms with Crippen LogP contribution in [-0.4, -0.2) is 53.1 Å². The van der Waals surface area contributed by atoms with Crippen molar-refractivity contribution in [3.05, 3.63) is 83.0 Å². The molecule has 0 saturated carbocycles. The van der Waals surface area contributed by atoms with Crippen molar-refractivity contribution in [2.75, 3.05) is 36.4 Å². The lowest BCUT2D eigenvalue weighted by atomic mass is 9.89. The van der Waals surface area contributed by atoms with Crippen LogP contribution >= 0.6 is 11.6 Å². The maximum absolute atomic E-state index is 12.8. The highest BCUT2D eigenvalue weighted by Crippen LogP contribution is 2.30. The molecular weight excluding hydrogens is 462 g/mol. The van der Waals surface area contributed by atoms with Crippen molar-refractivity contribution in [3.8, 4) is 0 Å². The SMILES string of the molecule is O=C(Nc1ccc(C2CCN(C(=O)c3cccc(Cl)c3)CC2)cc1)C1CCN(c2cccnn2)C1. The van der Waals surface area contributed by atoms with Crippen molar-refractivity contribution >= 4 is 34.9 Å². The fourth-order valence-electron chi connectivity index (χ4n) is 4.95. The predicted molar refractivity (Wildman–Crippen MR) is 137 cm³/mol. The Morgan fingerprint density at radius 2 is 1.74 bits per heavy atom. The smallest absolute Gasteiger partial charge is 0.253 e. The number of likely N-dealkylation sites (tertiary alicyclic amines) is 1. The van der Waals surface area contributed by atoms with Gasteiger partial charge in [-0.25, -0.2) is 0 Å². The van der Waals surface area contributed by atoms with Gasteiger partial charge in [-0.2, -0.15) is 5.10 Å². The molecule has 2 saturated heterocycles. The predicted octanol–water partition coefficient (Wildman–Crippen LogP) is 4.61. The molecule has 2 amide bonds. The van der Waals surface area contributed by atoms with E-state index in [1.807, 2.05) is 41.3 Å². The number of rotatable bonds is 5. The van der Waals surface area contributed by atoms with Gasteiger partial charge in [0.1, 0.15) is 0 Å². The van der Waals surface area contributed by atoms with Gasteiger partial charge >= 0.3 is 0 Å². The molecular formula is C27H28ClN5O2. The third-order valence-electron chi connectivity index (χ3n) is 6.94. The molecule has 2 aliphatic heterocycles. The minimum Gasteiger partial charge on any atom is -0.354 e. The molecule has 1 atom stereocenters. The average Bonchev–Trinajstić information content (AvgIpc) is 3.40. The Bertz CT molecular complexity index is 1180. The summed E-state index contributed by atoms with van der Waals surface area (Å²) in [4.78, 5) is 29.6. The van der Waals surface area contributed by atoms with Gasteiger partial charge in [0, 0.05) is 48.6 Å². The van der Waals surface area contributed by atoms with Crippen LogP contribution in [0.5, 0.6) is 0 Å². The molecule has 3 aromatic rings. The van der Waals surface area contributed by atoms with E-state index in [1.165, 1.54) is 5.56 Å². The molecule has 180 valence electrons. The van der Waals surface area contributed by atoms with Gasteiger partial charge in [-0.15, -0.1) is 5.10 Å². The fraction of sp³-hybridized carbons (Fsp3) is 0.333. The number of amides is 2. The van der Waals surface area contributed by atoms with Crippen molar-refractivity contribution < 1.29 is 9.59 Å². The number of hydrogen-bond acceptors (Lipinski definition) is 5. The number of halogens is 1. The van der Waals surface area contributed by atoms with Crippen LogP contribution in [0.4, 0.5) is 11.5 Å². The Labute approximate surface area is 210 Å². The van der Waals surface area contributed by atoms with Crippen LogP contribution in [0.3, 0.4) is 0 Å². The van der Waals surface area contributed by atoms with Gasteiger partial charge in [0.2, 0.25) is 5.91 Å². The molecule has 1 N–H and O–H groups in total. The summed E-state index contributed by atoms with van der Waals surface area (Å²) in [6, 6.07) is 19.0. The first-order valence-corrected chi connectivity index (χ1v) is 12.4. The summed E-state index contributed by atoms with van der Waals surface area (Å²) in [5.74, 6) is 1.22. The Hall–Kier alpha value is -3.45. The van der Waals surface area contributed by atoms with Crippen LogP contribution in [-0.2, 0) is 4.79 Å². The molecule has 2 fully saturated rings. The molecule has 3 heterocycles. The largest absolute Gasteiger partial charge is 0.354 e. The van der Waals surface area contributed by atoms with Crippen LogP contribution in [0.25, 0.3) is 0 Å². The second-order valence-corrected chi connectivity index (χ2v) is 9.64. The average molecular weight is 490 g/mol. The van der Waals surface area contributed by atoms with Crippen molar-refractivity contribution in [2.45, 2.75) is 25.2 Å². The number of aromatic nitrogens is 2. The Balaban J connectivity index is 1.12. The van der Waals surface area contributed by atoms with E-state index in [2.05, 4.69) is 32.5 Å². The monoisotopic (exact) mass is 489 g/mol. The zero-order valence-corrected chi connectivity index (χ0v) is 20.2. The van der Waals surface area contributed by atoms with Crippen LogP contribution in [0.15, 0.2) is 66.9 Å². The molecule has 5 rings (SSSR count). The summed E-state index contributed by atoms with van der Waals surface area (Å²) < 4.78 is 0. The number of piperidine rings is 1. The number of carbonyl (C=O) groups is 2.